The lowest BCUT2D eigenvalue weighted by Crippen LogP contribution is -2.28. The van der Waals surface area contributed by atoms with Crippen LogP contribution in [0.2, 0.25) is 14.4 Å². The molecular weight excluding hydrogens is 531 g/mol. The van der Waals surface area contributed by atoms with Gasteiger partial charge in [0.2, 0.25) is 0 Å². The molecule has 0 aliphatic rings. The van der Waals surface area contributed by atoms with E-state index in [0.29, 0.717) is 39.5 Å². The minimum atomic E-state index is -4.16. The molecule has 0 bridgehead atoms. The third-order valence-corrected chi connectivity index (χ3v) is 8.08. The van der Waals surface area contributed by atoms with Gasteiger partial charge in [0.1, 0.15) is 9.77 Å². The molecule has 176 valence electrons. The van der Waals surface area contributed by atoms with Crippen LogP contribution in [0.1, 0.15) is 16.6 Å². The molecule has 2 aromatic carbocycles. The molecule has 1 N–H and O–H groups in total. The maximum absolute atomic E-state index is 13.4. The minimum absolute atomic E-state index is 0.0825. The highest BCUT2D eigenvalue weighted by Crippen LogP contribution is 2.37. The summed E-state index contributed by atoms with van der Waals surface area (Å²) in [6.45, 7) is 2.25. The number of halogens is 3. The van der Waals surface area contributed by atoms with Gasteiger partial charge < -0.3 is 14.8 Å². The van der Waals surface area contributed by atoms with Crippen LogP contribution < -0.4 is 19.1 Å². The maximum Gasteiger partial charge on any atom is 0.267 e. The second-order valence-electron chi connectivity index (χ2n) is 6.60. The summed E-state index contributed by atoms with van der Waals surface area (Å²) in [5.74, 6) is 0.186. The Morgan fingerprint density at radius 2 is 1.73 bits per heavy atom. The van der Waals surface area contributed by atoms with Gasteiger partial charge >= 0.3 is 0 Å². The fourth-order valence-electron chi connectivity index (χ4n) is 2.92. The van der Waals surface area contributed by atoms with Gasteiger partial charge in [-0.05, 0) is 43.3 Å². The van der Waals surface area contributed by atoms with Crippen LogP contribution in [-0.2, 0) is 10.0 Å². The monoisotopic (exact) mass is 548 g/mol. The predicted molar refractivity (Wildman–Crippen MR) is 133 cm³/mol. The molecule has 33 heavy (non-hydrogen) atoms. The molecule has 0 radical (unpaired) electrons. The van der Waals surface area contributed by atoms with Crippen molar-refractivity contribution < 1.29 is 22.7 Å². The van der Waals surface area contributed by atoms with Crippen molar-refractivity contribution in [3.05, 3.63) is 61.7 Å². The molecule has 0 fully saturated rings. The maximum atomic E-state index is 13.4. The zero-order valence-electron chi connectivity index (χ0n) is 17.7. The number of ether oxygens (including phenoxy) is 2. The number of carbonyl (C=O) groups is 1. The number of rotatable bonds is 8. The fourth-order valence-corrected chi connectivity index (χ4v) is 6.32. The van der Waals surface area contributed by atoms with Crippen LogP contribution in [0, 0.1) is 0 Å². The summed E-state index contributed by atoms with van der Waals surface area (Å²) in [7, 11) is -1.33. The highest BCUT2D eigenvalue weighted by Gasteiger charge is 2.30. The highest BCUT2D eigenvalue weighted by molar-refractivity contribution is 7.93. The molecule has 0 saturated heterocycles. The number of thiophene rings is 1. The number of sulfonamides is 1. The molecule has 12 heteroatoms. The summed E-state index contributed by atoms with van der Waals surface area (Å²) in [6.07, 6.45) is 0. The molecule has 0 aliphatic heterocycles. The lowest BCUT2D eigenvalue weighted by atomic mass is 10.3. The van der Waals surface area contributed by atoms with Crippen molar-refractivity contribution >= 4 is 73.4 Å². The van der Waals surface area contributed by atoms with Gasteiger partial charge in [0.25, 0.3) is 15.9 Å². The summed E-state index contributed by atoms with van der Waals surface area (Å²) < 4.78 is 38.8. The third-order valence-electron chi connectivity index (χ3n) is 4.44. The molecular formula is C21H19Cl3N2O5S2. The third kappa shape index (κ3) is 5.67. The van der Waals surface area contributed by atoms with E-state index >= 15 is 0 Å². The van der Waals surface area contributed by atoms with E-state index in [1.165, 1.54) is 44.5 Å². The summed E-state index contributed by atoms with van der Waals surface area (Å²) in [6, 6.07) is 10.5. The second kappa shape index (κ2) is 10.4. The Morgan fingerprint density at radius 1 is 1.06 bits per heavy atom. The Balaban J connectivity index is 1.96. The van der Waals surface area contributed by atoms with E-state index in [0.717, 1.165) is 15.6 Å². The second-order valence-corrected chi connectivity index (χ2v) is 11.1. The van der Waals surface area contributed by atoms with Gasteiger partial charge in [-0.3, -0.25) is 9.10 Å². The average Bonchev–Trinajstić information content (AvgIpc) is 3.15. The molecule has 7 nitrogen and oxygen atoms in total. The first-order chi connectivity index (χ1) is 15.6. The number of methoxy groups -OCH3 is 1. The number of benzene rings is 2. The van der Waals surface area contributed by atoms with E-state index in [1.807, 2.05) is 6.92 Å². The lowest BCUT2D eigenvalue weighted by Gasteiger charge is -2.21. The van der Waals surface area contributed by atoms with Gasteiger partial charge in [0, 0.05) is 28.8 Å². The van der Waals surface area contributed by atoms with Crippen LogP contribution in [0.25, 0.3) is 0 Å². The highest BCUT2D eigenvalue weighted by atomic mass is 35.5. The summed E-state index contributed by atoms with van der Waals surface area (Å²) >= 11 is 18.9. The number of hydrogen-bond donors (Lipinski definition) is 1. The Kier molecular flexibility index (Phi) is 8.02. The van der Waals surface area contributed by atoms with Crippen LogP contribution in [0.4, 0.5) is 11.4 Å². The zero-order chi connectivity index (χ0) is 24.3. The van der Waals surface area contributed by atoms with Gasteiger partial charge in [0.05, 0.1) is 23.7 Å². The van der Waals surface area contributed by atoms with Crippen molar-refractivity contribution in [2.45, 2.75) is 11.8 Å². The van der Waals surface area contributed by atoms with Crippen molar-refractivity contribution in [1.29, 1.82) is 0 Å². The molecule has 1 heterocycles. The van der Waals surface area contributed by atoms with Crippen molar-refractivity contribution in [2.75, 3.05) is 30.4 Å². The normalized spacial score (nSPS) is 11.2. The zero-order valence-corrected chi connectivity index (χ0v) is 21.6. The molecule has 3 rings (SSSR count). The molecule has 0 atom stereocenters. The molecule has 1 aromatic heterocycles. The quantitative estimate of drug-likeness (QED) is 0.362. The van der Waals surface area contributed by atoms with Crippen LogP contribution in [-0.4, -0.2) is 35.1 Å². The van der Waals surface area contributed by atoms with Gasteiger partial charge in [-0.15, -0.1) is 11.3 Å². The molecule has 0 spiro atoms. The Labute approximate surface area is 210 Å². The van der Waals surface area contributed by atoms with E-state index in [4.69, 9.17) is 44.3 Å². The molecule has 0 aliphatic carbocycles. The Morgan fingerprint density at radius 3 is 2.33 bits per heavy atom. The summed E-state index contributed by atoms with van der Waals surface area (Å²) in [5.41, 5.74) is 0.626. The molecule has 3 aromatic rings. The largest absolute Gasteiger partial charge is 0.493 e. The Bertz CT molecular complexity index is 1270. The topological polar surface area (TPSA) is 84.9 Å². The average molecular weight is 550 g/mol. The van der Waals surface area contributed by atoms with Crippen molar-refractivity contribution in [3.63, 3.8) is 0 Å². The Hall–Kier alpha value is -2.17. The van der Waals surface area contributed by atoms with E-state index in [1.54, 1.807) is 12.1 Å². The first-order valence-electron chi connectivity index (χ1n) is 9.43. The van der Waals surface area contributed by atoms with Gasteiger partial charge in [-0.25, -0.2) is 8.42 Å². The number of amides is 1. The van der Waals surface area contributed by atoms with Gasteiger partial charge in [-0.1, -0.05) is 34.8 Å². The van der Waals surface area contributed by atoms with Crippen molar-refractivity contribution in [3.8, 4) is 11.5 Å². The fraction of sp³-hybridized carbons (Fsp3) is 0.190. The van der Waals surface area contributed by atoms with Gasteiger partial charge in [-0.2, -0.15) is 0 Å². The number of nitrogens with zero attached hydrogens (tertiary/aromatic N) is 1. The van der Waals surface area contributed by atoms with E-state index in [-0.39, 0.29) is 14.1 Å². The van der Waals surface area contributed by atoms with E-state index in [2.05, 4.69) is 5.32 Å². The first-order valence-corrected chi connectivity index (χ1v) is 12.8. The van der Waals surface area contributed by atoms with Crippen molar-refractivity contribution in [2.24, 2.45) is 0 Å². The van der Waals surface area contributed by atoms with Crippen LogP contribution in [0.15, 0.2) is 47.4 Å². The van der Waals surface area contributed by atoms with E-state index in [9.17, 15) is 13.2 Å². The van der Waals surface area contributed by atoms with Crippen LogP contribution >= 0.6 is 46.1 Å². The lowest BCUT2D eigenvalue weighted by molar-refractivity contribution is 0.102. The molecule has 0 saturated carbocycles. The SMILES string of the molecule is CCOc1ccc(N(C)S(=O)(=O)c2cc(Cl)sc2C(=O)Nc2cc(Cl)cc(Cl)c2)cc1OC. The standard InChI is InChI=1S/C21H19Cl3N2O5S2/c1-4-31-16-6-5-15(10-17(16)30-3)26(2)33(28,29)18-11-19(24)32-20(18)21(27)25-14-8-12(22)7-13(23)9-14/h5-11H,4H2,1-3H3,(H,25,27). The summed E-state index contributed by atoms with van der Waals surface area (Å²) in [5, 5.41) is 3.25. The number of anilines is 2. The van der Waals surface area contributed by atoms with Crippen molar-refractivity contribution in [1.82, 2.24) is 0 Å². The number of hydrogen-bond acceptors (Lipinski definition) is 6. The predicted octanol–water partition coefficient (Wildman–Crippen LogP) is 6.19. The van der Waals surface area contributed by atoms with Gasteiger partial charge in [0.15, 0.2) is 11.5 Å². The molecule has 1 amide bonds. The minimum Gasteiger partial charge on any atom is -0.493 e. The van der Waals surface area contributed by atoms with E-state index < -0.39 is 15.9 Å². The number of nitrogens with one attached hydrogen (secondary N) is 1. The number of carbonyl (C=O) groups excluding carboxylic acids is 1. The smallest absolute Gasteiger partial charge is 0.267 e. The summed E-state index contributed by atoms with van der Waals surface area (Å²) in [4.78, 5) is 12.6. The molecule has 0 unspecified atom stereocenters. The first kappa shape index (κ1) is 25.5. The van der Waals surface area contributed by atoms with Crippen LogP contribution in [0.5, 0.6) is 11.5 Å². The van der Waals surface area contributed by atoms with Crippen LogP contribution in [0.3, 0.4) is 0 Å².